The maximum atomic E-state index is 12.1. The zero-order valence-corrected chi connectivity index (χ0v) is 13.9. The SMILES string of the molecule is CCN(CCO)C1CCCCC1NC(=O)OCc1ccccc1. The van der Waals surface area contributed by atoms with E-state index in [9.17, 15) is 9.90 Å². The third-order valence-electron chi connectivity index (χ3n) is 4.51. The van der Waals surface area contributed by atoms with Crippen molar-refractivity contribution in [1.82, 2.24) is 10.2 Å². The molecule has 2 atom stereocenters. The molecule has 1 aliphatic carbocycles. The molecule has 2 N–H and O–H groups in total. The van der Waals surface area contributed by atoms with Crippen molar-refractivity contribution in [3.8, 4) is 0 Å². The molecule has 0 bridgehead atoms. The number of hydrogen-bond donors (Lipinski definition) is 2. The lowest BCUT2D eigenvalue weighted by molar-refractivity contribution is 0.0905. The lowest BCUT2D eigenvalue weighted by atomic mass is 9.89. The highest BCUT2D eigenvalue weighted by Crippen LogP contribution is 2.23. The van der Waals surface area contributed by atoms with E-state index < -0.39 is 0 Å². The lowest BCUT2D eigenvalue weighted by Crippen LogP contribution is -2.54. The number of nitrogens with one attached hydrogen (secondary N) is 1. The number of alkyl carbamates (subject to hydrolysis) is 1. The van der Waals surface area contributed by atoms with Gasteiger partial charge < -0.3 is 15.2 Å². The number of amides is 1. The predicted octanol–water partition coefficient (Wildman–Crippen LogP) is 2.54. The topological polar surface area (TPSA) is 61.8 Å². The number of carbonyl (C=O) groups excluding carboxylic acids is 1. The van der Waals surface area contributed by atoms with Crippen LogP contribution in [0.5, 0.6) is 0 Å². The van der Waals surface area contributed by atoms with E-state index in [1.807, 2.05) is 30.3 Å². The third-order valence-corrected chi connectivity index (χ3v) is 4.51. The molecule has 0 radical (unpaired) electrons. The van der Waals surface area contributed by atoms with Crippen LogP contribution in [0.1, 0.15) is 38.2 Å². The van der Waals surface area contributed by atoms with Crippen LogP contribution in [0.3, 0.4) is 0 Å². The van der Waals surface area contributed by atoms with Crippen LogP contribution in [0.2, 0.25) is 0 Å². The molecule has 1 amide bonds. The Morgan fingerprint density at radius 1 is 1.30 bits per heavy atom. The van der Waals surface area contributed by atoms with Crippen LogP contribution in [-0.2, 0) is 11.3 Å². The monoisotopic (exact) mass is 320 g/mol. The van der Waals surface area contributed by atoms with Crippen LogP contribution < -0.4 is 5.32 Å². The number of nitrogens with zero attached hydrogens (tertiary/aromatic N) is 1. The summed E-state index contributed by atoms with van der Waals surface area (Å²) in [5, 5.41) is 12.3. The molecule has 128 valence electrons. The highest BCUT2D eigenvalue weighted by atomic mass is 16.5. The summed E-state index contributed by atoms with van der Waals surface area (Å²) in [4.78, 5) is 14.3. The largest absolute Gasteiger partial charge is 0.445 e. The second-order valence-corrected chi connectivity index (χ2v) is 6.02. The molecule has 5 heteroatoms. The Morgan fingerprint density at radius 3 is 2.74 bits per heavy atom. The molecular formula is C18H28N2O3. The highest BCUT2D eigenvalue weighted by molar-refractivity contribution is 5.67. The van der Waals surface area contributed by atoms with Gasteiger partial charge in [-0.05, 0) is 24.9 Å². The molecule has 1 fully saturated rings. The predicted molar refractivity (Wildman–Crippen MR) is 90.1 cm³/mol. The van der Waals surface area contributed by atoms with Crippen molar-refractivity contribution in [2.75, 3.05) is 19.7 Å². The van der Waals surface area contributed by atoms with Gasteiger partial charge in [0.2, 0.25) is 0 Å². The summed E-state index contributed by atoms with van der Waals surface area (Å²) in [5.41, 5.74) is 0.985. The van der Waals surface area contributed by atoms with Crippen molar-refractivity contribution in [3.05, 3.63) is 35.9 Å². The van der Waals surface area contributed by atoms with E-state index in [2.05, 4.69) is 17.1 Å². The van der Waals surface area contributed by atoms with Gasteiger partial charge in [0.25, 0.3) is 0 Å². The van der Waals surface area contributed by atoms with Gasteiger partial charge >= 0.3 is 6.09 Å². The smallest absolute Gasteiger partial charge is 0.407 e. The first-order valence-corrected chi connectivity index (χ1v) is 8.56. The van der Waals surface area contributed by atoms with E-state index in [1.165, 1.54) is 6.42 Å². The van der Waals surface area contributed by atoms with E-state index in [0.717, 1.165) is 31.4 Å². The molecule has 0 saturated heterocycles. The number of ether oxygens (including phenoxy) is 1. The molecule has 1 saturated carbocycles. The van der Waals surface area contributed by atoms with E-state index in [1.54, 1.807) is 0 Å². The van der Waals surface area contributed by atoms with Crippen LogP contribution in [0.15, 0.2) is 30.3 Å². The average molecular weight is 320 g/mol. The van der Waals surface area contributed by atoms with Crippen molar-refractivity contribution < 1.29 is 14.6 Å². The van der Waals surface area contributed by atoms with E-state index in [4.69, 9.17) is 4.74 Å². The Kier molecular flexibility index (Phi) is 7.36. The average Bonchev–Trinajstić information content (AvgIpc) is 2.59. The quantitative estimate of drug-likeness (QED) is 0.810. The molecule has 23 heavy (non-hydrogen) atoms. The third kappa shape index (κ3) is 5.52. The summed E-state index contributed by atoms with van der Waals surface area (Å²) in [6.07, 6.45) is 3.95. The fourth-order valence-electron chi connectivity index (χ4n) is 3.32. The summed E-state index contributed by atoms with van der Waals surface area (Å²) in [7, 11) is 0. The summed E-state index contributed by atoms with van der Waals surface area (Å²) >= 11 is 0. The first-order valence-electron chi connectivity index (χ1n) is 8.56. The number of aliphatic hydroxyl groups excluding tert-OH is 1. The minimum absolute atomic E-state index is 0.0959. The van der Waals surface area contributed by atoms with Gasteiger partial charge in [-0.1, -0.05) is 50.1 Å². The molecule has 0 spiro atoms. The Morgan fingerprint density at radius 2 is 2.04 bits per heavy atom. The fraction of sp³-hybridized carbons (Fsp3) is 0.611. The van der Waals surface area contributed by atoms with Crippen LogP contribution in [0.25, 0.3) is 0 Å². The number of carbonyl (C=O) groups is 1. The van der Waals surface area contributed by atoms with Gasteiger partial charge in [-0.15, -0.1) is 0 Å². The fourth-order valence-corrected chi connectivity index (χ4v) is 3.32. The van der Waals surface area contributed by atoms with Crippen LogP contribution in [0.4, 0.5) is 4.79 Å². The van der Waals surface area contributed by atoms with Gasteiger partial charge in [-0.3, -0.25) is 4.90 Å². The lowest BCUT2D eigenvalue weighted by Gasteiger charge is -2.39. The second-order valence-electron chi connectivity index (χ2n) is 6.02. The number of aliphatic hydroxyl groups is 1. The standard InChI is InChI=1S/C18H28N2O3/c1-2-20(12-13-21)17-11-7-6-10-16(17)19-18(22)23-14-15-8-4-3-5-9-15/h3-5,8-9,16-17,21H,2,6-7,10-14H2,1H3,(H,19,22). The molecule has 1 aromatic rings. The summed E-state index contributed by atoms with van der Waals surface area (Å²) in [6.45, 7) is 4.06. The molecule has 0 heterocycles. The van der Waals surface area contributed by atoms with Crippen LogP contribution >= 0.6 is 0 Å². The molecule has 0 aliphatic heterocycles. The maximum Gasteiger partial charge on any atom is 0.407 e. The summed E-state index contributed by atoms with van der Waals surface area (Å²) in [6, 6.07) is 10.1. The van der Waals surface area contributed by atoms with Crippen molar-refractivity contribution in [3.63, 3.8) is 0 Å². The minimum Gasteiger partial charge on any atom is -0.445 e. The molecule has 0 aromatic heterocycles. The molecular weight excluding hydrogens is 292 g/mol. The molecule has 1 aromatic carbocycles. The van der Waals surface area contributed by atoms with Gasteiger partial charge in [0.15, 0.2) is 0 Å². The maximum absolute atomic E-state index is 12.1. The molecule has 1 aliphatic rings. The van der Waals surface area contributed by atoms with Crippen molar-refractivity contribution in [2.24, 2.45) is 0 Å². The molecule has 2 rings (SSSR count). The van der Waals surface area contributed by atoms with Crippen LogP contribution in [0, 0.1) is 0 Å². The van der Waals surface area contributed by atoms with Crippen molar-refractivity contribution in [2.45, 2.75) is 51.3 Å². The number of rotatable bonds is 7. The zero-order valence-electron chi connectivity index (χ0n) is 13.9. The molecule has 2 unspecified atom stereocenters. The van der Waals surface area contributed by atoms with E-state index >= 15 is 0 Å². The van der Waals surface area contributed by atoms with Gasteiger partial charge in [0.05, 0.1) is 6.61 Å². The van der Waals surface area contributed by atoms with Crippen molar-refractivity contribution in [1.29, 1.82) is 0 Å². The Bertz CT molecular complexity index is 467. The van der Waals surface area contributed by atoms with Gasteiger partial charge in [-0.25, -0.2) is 4.79 Å². The Hall–Kier alpha value is -1.59. The van der Waals surface area contributed by atoms with E-state index in [0.29, 0.717) is 6.54 Å². The van der Waals surface area contributed by atoms with Gasteiger partial charge in [0.1, 0.15) is 6.61 Å². The second kappa shape index (κ2) is 9.53. The number of benzene rings is 1. The molecule has 5 nitrogen and oxygen atoms in total. The van der Waals surface area contributed by atoms with Crippen molar-refractivity contribution >= 4 is 6.09 Å². The van der Waals surface area contributed by atoms with Gasteiger partial charge in [0, 0.05) is 18.6 Å². The highest BCUT2D eigenvalue weighted by Gasteiger charge is 2.30. The number of hydrogen-bond acceptors (Lipinski definition) is 4. The summed E-state index contributed by atoms with van der Waals surface area (Å²) < 4.78 is 5.33. The normalized spacial score (nSPS) is 21.2. The first kappa shape index (κ1) is 17.8. The Labute approximate surface area is 138 Å². The number of likely N-dealkylation sites (N-methyl/N-ethyl adjacent to an activating group) is 1. The van der Waals surface area contributed by atoms with E-state index in [-0.39, 0.29) is 31.4 Å². The minimum atomic E-state index is -0.356. The van der Waals surface area contributed by atoms with Crippen LogP contribution in [-0.4, -0.2) is 47.9 Å². The first-order chi connectivity index (χ1) is 11.2. The summed E-state index contributed by atoms with van der Waals surface area (Å²) in [5.74, 6) is 0. The Balaban J connectivity index is 1.86. The zero-order chi connectivity index (χ0) is 16.5. The van der Waals surface area contributed by atoms with Gasteiger partial charge in [-0.2, -0.15) is 0 Å².